The fourth-order valence-electron chi connectivity index (χ4n) is 1.40. The first-order valence-corrected chi connectivity index (χ1v) is 6.54. The van der Waals surface area contributed by atoms with Crippen LogP contribution in [0.5, 0.6) is 0 Å². The Morgan fingerprint density at radius 1 is 1.35 bits per heavy atom. The van der Waals surface area contributed by atoms with E-state index >= 15 is 0 Å². The lowest BCUT2D eigenvalue weighted by Gasteiger charge is -2.02. The van der Waals surface area contributed by atoms with Crippen molar-refractivity contribution in [2.75, 3.05) is 0 Å². The molecule has 94 valence electrons. The maximum absolute atomic E-state index is 11.4. The molecule has 0 atom stereocenters. The summed E-state index contributed by atoms with van der Waals surface area (Å²) < 4.78 is 0. The summed E-state index contributed by atoms with van der Waals surface area (Å²) in [5, 5.41) is 11.5. The van der Waals surface area contributed by atoms with E-state index in [1.165, 1.54) is 11.3 Å². The third-order valence-corrected chi connectivity index (χ3v) is 3.41. The van der Waals surface area contributed by atoms with Crippen LogP contribution >= 0.6 is 11.3 Å². The van der Waals surface area contributed by atoms with Crippen LogP contribution in [0, 0.1) is 0 Å². The Morgan fingerprint density at radius 2 is 2.12 bits per heavy atom. The average molecular weight is 255 g/mol. The molecule has 0 saturated carbocycles. The van der Waals surface area contributed by atoms with E-state index in [-0.39, 0.29) is 5.91 Å². The molecule has 4 nitrogen and oxygen atoms in total. The molecule has 1 aromatic heterocycles. The van der Waals surface area contributed by atoms with Crippen molar-refractivity contribution in [3.8, 4) is 0 Å². The van der Waals surface area contributed by atoms with Crippen molar-refractivity contribution in [1.82, 2.24) is 5.32 Å². The summed E-state index contributed by atoms with van der Waals surface area (Å²) in [5.74, 6) is -0.890. The number of unbranched alkanes of at least 4 members (excludes halogenated alkanes) is 2. The van der Waals surface area contributed by atoms with Crippen molar-refractivity contribution in [3.05, 3.63) is 21.9 Å². The smallest absolute Gasteiger partial charge is 0.345 e. The third kappa shape index (κ3) is 4.99. The number of nitrogens with one attached hydrogen (secondary N) is 1. The van der Waals surface area contributed by atoms with Crippen LogP contribution in [0.3, 0.4) is 0 Å². The number of carbonyl (C=O) groups is 2. The van der Waals surface area contributed by atoms with Gasteiger partial charge in [0.15, 0.2) is 0 Å². The number of carbonyl (C=O) groups excluding carboxylic acids is 1. The molecule has 0 aliphatic heterocycles. The zero-order chi connectivity index (χ0) is 12.7. The maximum Gasteiger partial charge on any atom is 0.345 e. The SMILES string of the molecule is CCCCCC(=O)NCc1ccc(C(=O)O)s1. The van der Waals surface area contributed by atoms with E-state index in [0.717, 1.165) is 24.1 Å². The first kappa shape index (κ1) is 13.7. The summed E-state index contributed by atoms with van der Waals surface area (Å²) in [6.07, 6.45) is 3.62. The van der Waals surface area contributed by atoms with Gasteiger partial charge in [0.2, 0.25) is 5.91 Å². The number of carboxylic acids is 1. The molecule has 1 amide bonds. The summed E-state index contributed by atoms with van der Waals surface area (Å²) in [4.78, 5) is 23.2. The van der Waals surface area contributed by atoms with Crippen LogP contribution in [0.15, 0.2) is 12.1 Å². The molecular weight excluding hydrogens is 238 g/mol. The summed E-state index contributed by atoms with van der Waals surface area (Å²) in [7, 11) is 0. The van der Waals surface area contributed by atoms with Gasteiger partial charge in [0.1, 0.15) is 4.88 Å². The Balaban J connectivity index is 2.29. The summed E-state index contributed by atoms with van der Waals surface area (Å²) in [6.45, 7) is 2.51. The maximum atomic E-state index is 11.4. The summed E-state index contributed by atoms with van der Waals surface area (Å²) in [6, 6.07) is 3.30. The number of hydrogen-bond acceptors (Lipinski definition) is 3. The number of aromatic carboxylic acids is 1. The molecule has 1 heterocycles. The number of hydrogen-bond donors (Lipinski definition) is 2. The van der Waals surface area contributed by atoms with E-state index in [1.807, 2.05) is 0 Å². The quantitative estimate of drug-likeness (QED) is 0.736. The topological polar surface area (TPSA) is 66.4 Å². The molecule has 0 fully saturated rings. The van der Waals surface area contributed by atoms with Crippen LogP contribution in [0.2, 0.25) is 0 Å². The van der Waals surface area contributed by atoms with Crippen molar-refractivity contribution in [3.63, 3.8) is 0 Å². The lowest BCUT2D eigenvalue weighted by atomic mass is 10.2. The third-order valence-electron chi connectivity index (χ3n) is 2.34. The molecule has 5 heteroatoms. The Labute approximate surface area is 105 Å². The van der Waals surface area contributed by atoms with Gasteiger partial charge in [0, 0.05) is 11.3 Å². The van der Waals surface area contributed by atoms with Crippen molar-refractivity contribution >= 4 is 23.2 Å². The van der Waals surface area contributed by atoms with Gasteiger partial charge in [-0.15, -0.1) is 11.3 Å². The van der Waals surface area contributed by atoms with Gasteiger partial charge in [0.25, 0.3) is 0 Å². The largest absolute Gasteiger partial charge is 0.477 e. The molecule has 0 aliphatic rings. The minimum absolute atomic E-state index is 0.0312. The Bertz CT molecular complexity index is 387. The second-order valence-electron chi connectivity index (χ2n) is 3.80. The molecule has 0 aromatic carbocycles. The van der Waals surface area contributed by atoms with Crippen LogP contribution in [0.25, 0.3) is 0 Å². The van der Waals surface area contributed by atoms with Gasteiger partial charge in [-0.3, -0.25) is 4.79 Å². The zero-order valence-electron chi connectivity index (χ0n) is 9.86. The molecule has 1 rings (SSSR count). The molecular formula is C12H17NO3S. The van der Waals surface area contributed by atoms with E-state index in [2.05, 4.69) is 12.2 Å². The van der Waals surface area contributed by atoms with Crippen LogP contribution in [-0.4, -0.2) is 17.0 Å². The van der Waals surface area contributed by atoms with Crippen LogP contribution in [0.1, 0.15) is 47.2 Å². The minimum Gasteiger partial charge on any atom is -0.477 e. The molecule has 0 aliphatic carbocycles. The molecule has 17 heavy (non-hydrogen) atoms. The first-order chi connectivity index (χ1) is 8.13. The van der Waals surface area contributed by atoms with Gasteiger partial charge < -0.3 is 10.4 Å². The van der Waals surface area contributed by atoms with Gasteiger partial charge >= 0.3 is 5.97 Å². The number of carboxylic acid groups (broad SMARTS) is 1. The fraction of sp³-hybridized carbons (Fsp3) is 0.500. The van der Waals surface area contributed by atoms with Crippen molar-refractivity contribution in [1.29, 1.82) is 0 Å². The van der Waals surface area contributed by atoms with Gasteiger partial charge in [-0.2, -0.15) is 0 Å². The standard InChI is InChI=1S/C12H17NO3S/c1-2-3-4-5-11(14)13-8-9-6-7-10(17-9)12(15)16/h6-7H,2-5,8H2,1H3,(H,13,14)(H,15,16). The Hall–Kier alpha value is -1.36. The molecule has 0 spiro atoms. The molecule has 0 radical (unpaired) electrons. The lowest BCUT2D eigenvalue weighted by Crippen LogP contribution is -2.21. The highest BCUT2D eigenvalue weighted by atomic mass is 32.1. The highest BCUT2D eigenvalue weighted by molar-refractivity contribution is 7.13. The monoisotopic (exact) mass is 255 g/mol. The van der Waals surface area contributed by atoms with E-state index in [9.17, 15) is 9.59 Å². The zero-order valence-corrected chi connectivity index (χ0v) is 10.7. The molecule has 2 N–H and O–H groups in total. The van der Waals surface area contributed by atoms with Gasteiger partial charge in [-0.05, 0) is 18.6 Å². The second-order valence-corrected chi connectivity index (χ2v) is 4.97. The van der Waals surface area contributed by atoms with E-state index < -0.39 is 5.97 Å². The van der Waals surface area contributed by atoms with Crippen molar-refractivity contribution < 1.29 is 14.7 Å². The minimum atomic E-state index is -0.921. The fourth-order valence-corrected chi connectivity index (χ4v) is 2.18. The van der Waals surface area contributed by atoms with Gasteiger partial charge in [-0.1, -0.05) is 19.8 Å². The molecule has 0 saturated heterocycles. The predicted molar refractivity (Wildman–Crippen MR) is 67.3 cm³/mol. The Kier molecular flexibility index (Phi) is 5.69. The summed E-state index contributed by atoms with van der Waals surface area (Å²) in [5.41, 5.74) is 0. The van der Waals surface area contributed by atoms with Crippen molar-refractivity contribution in [2.45, 2.75) is 39.2 Å². The van der Waals surface area contributed by atoms with E-state index in [4.69, 9.17) is 5.11 Å². The highest BCUT2D eigenvalue weighted by Crippen LogP contribution is 2.16. The normalized spacial score (nSPS) is 10.2. The lowest BCUT2D eigenvalue weighted by molar-refractivity contribution is -0.121. The van der Waals surface area contributed by atoms with Crippen molar-refractivity contribution in [2.24, 2.45) is 0 Å². The van der Waals surface area contributed by atoms with Crippen LogP contribution in [-0.2, 0) is 11.3 Å². The van der Waals surface area contributed by atoms with E-state index in [0.29, 0.717) is 17.8 Å². The highest BCUT2D eigenvalue weighted by Gasteiger charge is 2.07. The van der Waals surface area contributed by atoms with Crippen LogP contribution in [0.4, 0.5) is 0 Å². The predicted octanol–water partition coefficient (Wildman–Crippen LogP) is 2.64. The van der Waals surface area contributed by atoms with Gasteiger partial charge in [-0.25, -0.2) is 4.79 Å². The number of amides is 1. The second kappa shape index (κ2) is 7.06. The molecule has 1 aromatic rings. The van der Waals surface area contributed by atoms with E-state index in [1.54, 1.807) is 12.1 Å². The molecule has 0 unspecified atom stereocenters. The average Bonchev–Trinajstić information content (AvgIpc) is 2.75. The number of thiophene rings is 1. The number of rotatable bonds is 7. The molecule has 0 bridgehead atoms. The first-order valence-electron chi connectivity index (χ1n) is 5.72. The summed E-state index contributed by atoms with van der Waals surface area (Å²) >= 11 is 1.20. The van der Waals surface area contributed by atoms with Crippen LogP contribution < -0.4 is 5.32 Å². The van der Waals surface area contributed by atoms with Gasteiger partial charge in [0.05, 0.1) is 6.54 Å². The Morgan fingerprint density at radius 3 is 2.71 bits per heavy atom.